The average Bonchev–Trinajstić information content (AvgIpc) is 3.32. The number of pyridine rings is 1. The summed E-state index contributed by atoms with van der Waals surface area (Å²) in [4.78, 5) is 18.0. The largest absolute Gasteiger partial charge is 0.315 e. The Kier molecular flexibility index (Phi) is 7.89. The van der Waals surface area contributed by atoms with Crippen molar-refractivity contribution in [1.29, 1.82) is 5.26 Å². The third-order valence-corrected chi connectivity index (χ3v) is 6.28. The van der Waals surface area contributed by atoms with Gasteiger partial charge in [-0.05, 0) is 48.2 Å². The molecular weight excluding hydrogens is 448 g/mol. The molecular formula is C29H30N6O. The molecule has 0 radical (unpaired) electrons. The van der Waals surface area contributed by atoms with Crippen molar-refractivity contribution < 1.29 is 4.79 Å². The lowest BCUT2D eigenvalue weighted by molar-refractivity contribution is -0.117. The first-order valence-corrected chi connectivity index (χ1v) is 12.0. The van der Waals surface area contributed by atoms with Crippen LogP contribution in [0.3, 0.4) is 0 Å². The van der Waals surface area contributed by atoms with E-state index in [-0.39, 0.29) is 17.7 Å². The lowest BCUT2D eigenvalue weighted by Crippen LogP contribution is -2.32. The van der Waals surface area contributed by atoms with Crippen LogP contribution in [0.2, 0.25) is 0 Å². The molecule has 4 rings (SSSR count). The van der Waals surface area contributed by atoms with Gasteiger partial charge < -0.3 is 10.6 Å². The average molecular weight is 479 g/mol. The summed E-state index contributed by atoms with van der Waals surface area (Å²) < 4.78 is 1.75. The SMILES string of the molecule is Cc1nc(NC(=O)C(CNC[C@H](C)c2ccc(C#N)cc2)c2ccccc2)ccc1-c1cnn(C)c1. The van der Waals surface area contributed by atoms with Crippen molar-refractivity contribution in [3.05, 3.63) is 102 Å². The summed E-state index contributed by atoms with van der Waals surface area (Å²) in [5, 5.41) is 19.7. The number of nitriles is 1. The number of benzene rings is 2. The maximum absolute atomic E-state index is 13.4. The molecule has 36 heavy (non-hydrogen) atoms. The Morgan fingerprint density at radius 1 is 1.03 bits per heavy atom. The van der Waals surface area contributed by atoms with Crippen molar-refractivity contribution in [2.45, 2.75) is 25.7 Å². The molecule has 0 aliphatic rings. The van der Waals surface area contributed by atoms with E-state index in [1.165, 1.54) is 0 Å². The second-order valence-corrected chi connectivity index (χ2v) is 8.98. The number of nitrogens with one attached hydrogen (secondary N) is 2. The van der Waals surface area contributed by atoms with Gasteiger partial charge in [0, 0.05) is 43.2 Å². The molecule has 1 amide bonds. The number of carbonyl (C=O) groups excluding carboxylic acids is 1. The van der Waals surface area contributed by atoms with Gasteiger partial charge in [0.2, 0.25) is 5.91 Å². The van der Waals surface area contributed by atoms with E-state index >= 15 is 0 Å². The molecule has 0 bridgehead atoms. The number of carbonyl (C=O) groups is 1. The van der Waals surface area contributed by atoms with Crippen molar-refractivity contribution in [1.82, 2.24) is 20.1 Å². The standard InChI is InChI=1S/C29H30N6O/c1-20(23-11-9-22(15-30)10-12-23)16-31-18-27(24-7-5-4-6-8-24)29(36)34-28-14-13-26(21(2)33-28)25-17-32-35(3)19-25/h4-14,17,19-20,27,31H,16,18H2,1-3H3,(H,33,34,36)/t20-,27?/m0/s1. The number of rotatable bonds is 9. The van der Waals surface area contributed by atoms with Crippen LogP contribution in [-0.4, -0.2) is 33.8 Å². The van der Waals surface area contributed by atoms with Crippen LogP contribution in [0.5, 0.6) is 0 Å². The van der Waals surface area contributed by atoms with E-state index in [1.807, 2.05) is 86.9 Å². The van der Waals surface area contributed by atoms with Crippen LogP contribution in [0.25, 0.3) is 11.1 Å². The molecule has 182 valence electrons. The molecule has 0 aliphatic carbocycles. The van der Waals surface area contributed by atoms with Gasteiger partial charge in [0.05, 0.1) is 23.7 Å². The fourth-order valence-electron chi connectivity index (χ4n) is 4.20. The van der Waals surface area contributed by atoms with Crippen molar-refractivity contribution in [3.8, 4) is 17.2 Å². The molecule has 0 fully saturated rings. The zero-order valence-electron chi connectivity index (χ0n) is 20.8. The first-order chi connectivity index (χ1) is 17.4. The van der Waals surface area contributed by atoms with Crippen LogP contribution in [0.4, 0.5) is 5.82 Å². The third kappa shape index (κ3) is 6.04. The zero-order chi connectivity index (χ0) is 25.5. The molecule has 1 unspecified atom stereocenters. The molecule has 4 aromatic rings. The minimum atomic E-state index is -0.375. The van der Waals surface area contributed by atoms with Gasteiger partial charge in [-0.15, -0.1) is 0 Å². The third-order valence-electron chi connectivity index (χ3n) is 6.28. The molecule has 2 N–H and O–H groups in total. The number of anilines is 1. The van der Waals surface area contributed by atoms with Crippen LogP contribution in [0.15, 0.2) is 79.1 Å². The molecule has 2 aromatic heterocycles. The van der Waals surface area contributed by atoms with Crippen molar-refractivity contribution in [2.75, 3.05) is 18.4 Å². The Hall–Kier alpha value is -4.28. The van der Waals surface area contributed by atoms with Gasteiger partial charge in [0.15, 0.2) is 0 Å². The number of nitrogens with zero attached hydrogens (tertiary/aromatic N) is 4. The fourth-order valence-corrected chi connectivity index (χ4v) is 4.20. The number of hydrogen-bond donors (Lipinski definition) is 2. The highest BCUT2D eigenvalue weighted by molar-refractivity contribution is 5.95. The zero-order valence-corrected chi connectivity index (χ0v) is 20.8. The molecule has 2 aromatic carbocycles. The summed E-state index contributed by atoms with van der Waals surface area (Å²) >= 11 is 0. The Bertz CT molecular complexity index is 1350. The smallest absolute Gasteiger partial charge is 0.234 e. The number of aromatic nitrogens is 3. The fraction of sp³-hybridized carbons (Fsp3) is 0.241. The van der Waals surface area contributed by atoms with Gasteiger partial charge in [0.25, 0.3) is 0 Å². The van der Waals surface area contributed by atoms with Crippen LogP contribution in [0, 0.1) is 18.3 Å². The van der Waals surface area contributed by atoms with Crippen molar-refractivity contribution in [3.63, 3.8) is 0 Å². The minimum Gasteiger partial charge on any atom is -0.315 e. The van der Waals surface area contributed by atoms with E-state index in [2.05, 4.69) is 33.7 Å². The molecule has 0 saturated heterocycles. The highest BCUT2D eigenvalue weighted by atomic mass is 16.2. The predicted octanol–water partition coefficient (Wildman–Crippen LogP) is 4.78. The van der Waals surface area contributed by atoms with E-state index in [1.54, 1.807) is 10.9 Å². The van der Waals surface area contributed by atoms with E-state index in [4.69, 9.17) is 5.26 Å². The molecule has 7 nitrogen and oxygen atoms in total. The number of amides is 1. The van der Waals surface area contributed by atoms with Crippen LogP contribution in [-0.2, 0) is 11.8 Å². The Balaban J connectivity index is 1.43. The van der Waals surface area contributed by atoms with Gasteiger partial charge in [-0.2, -0.15) is 10.4 Å². The van der Waals surface area contributed by atoms with Crippen LogP contribution >= 0.6 is 0 Å². The summed E-state index contributed by atoms with van der Waals surface area (Å²) in [6.07, 6.45) is 3.75. The van der Waals surface area contributed by atoms with Crippen molar-refractivity contribution in [2.24, 2.45) is 7.05 Å². The lowest BCUT2D eigenvalue weighted by Gasteiger charge is -2.20. The summed E-state index contributed by atoms with van der Waals surface area (Å²) in [6.45, 7) is 5.25. The Morgan fingerprint density at radius 2 is 1.78 bits per heavy atom. The van der Waals surface area contributed by atoms with Crippen LogP contribution < -0.4 is 10.6 Å². The number of aryl methyl sites for hydroxylation is 2. The summed E-state index contributed by atoms with van der Waals surface area (Å²) in [7, 11) is 1.88. The van der Waals surface area contributed by atoms with Gasteiger partial charge in [-0.25, -0.2) is 4.98 Å². The second-order valence-electron chi connectivity index (χ2n) is 8.98. The summed E-state index contributed by atoms with van der Waals surface area (Å²) in [6, 6.07) is 23.4. The lowest BCUT2D eigenvalue weighted by atomic mass is 9.96. The monoisotopic (exact) mass is 478 g/mol. The van der Waals surface area contributed by atoms with Crippen molar-refractivity contribution >= 4 is 11.7 Å². The normalized spacial score (nSPS) is 12.5. The van der Waals surface area contributed by atoms with E-state index in [0.29, 0.717) is 24.5 Å². The van der Waals surface area contributed by atoms with Gasteiger partial charge in [0.1, 0.15) is 5.82 Å². The van der Waals surface area contributed by atoms with Gasteiger partial charge >= 0.3 is 0 Å². The predicted molar refractivity (Wildman–Crippen MR) is 141 cm³/mol. The topological polar surface area (TPSA) is 95.6 Å². The maximum Gasteiger partial charge on any atom is 0.234 e. The first-order valence-electron chi connectivity index (χ1n) is 12.0. The van der Waals surface area contributed by atoms with Gasteiger partial charge in [-0.1, -0.05) is 49.4 Å². The van der Waals surface area contributed by atoms with E-state index in [0.717, 1.165) is 27.9 Å². The van der Waals surface area contributed by atoms with E-state index in [9.17, 15) is 4.79 Å². The second kappa shape index (κ2) is 11.4. The molecule has 0 aliphatic heterocycles. The Labute approximate surface area is 211 Å². The minimum absolute atomic E-state index is 0.110. The van der Waals surface area contributed by atoms with Gasteiger partial charge in [-0.3, -0.25) is 9.48 Å². The highest BCUT2D eigenvalue weighted by Gasteiger charge is 2.21. The quantitative estimate of drug-likeness (QED) is 0.361. The van der Waals surface area contributed by atoms with Crippen LogP contribution in [0.1, 0.15) is 41.1 Å². The molecule has 2 atom stereocenters. The number of hydrogen-bond acceptors (Lipinski definition) is 5. The molecule has 2 heterocycles. The van der Waals surface area contributed by atoms with E-state index < -0.39 is 0 Å². The summed E-state index contributed by atoms with van der Waals surface area (Å²) in [5.74, 6) is 0.277. The Morgan fingerprint density at radius 3 is 2.42 bits per heavy atom. The summed E-state index contributed by atoms with van der Waals surface area (Å²) in [5.41, 5.74) is 5.54. The molecule has 0 spiro atoms. The highest BCUT2D eigenvalue weighted by Crippen LogP contribution is 2.24. The first kappa shape index (κ1) is 24.8. The maximum atomic E-state index is 13.4. The molecule has 7 heteroatoms. The molecule has 0 saturated carbocycles.